The van der Waals surface area contributed by atoms with Crippen LogP contribution in [0.5, 0.6) is 0 Å². The second-order valence-corrected chi connectivity index (χ2v) is 17.5. The van der Waals surface area contributed by atoms with Gasteiger partial charge in [0.15, 0.2) is 5.15 Å². The maximum Gasteiger partial charge on any atom is 0.407 e. The van der Waals surface area contributed by atoms with Crippen LogP contribution in [-0.4, -0.2) is 102 Å². The molecule has 7 rings (SSSR count). The zero-order valence-corrected chi connectivity index (χ0v) is 36.7. The number of halogens is 1. The highest BCUT2D eigenvalue weighted by Gasteiger charge is 2.43. The molecule has 61 heavy (non-hydrogen) atoms. The molecule has 0 spiro atoms. The van der Waals surface area contributed by atoms with Crippen molar-refractivity contribution >= 4 is 46.4 Å². The summed E-state index contributed by atoms with van der Waals surface area (Å²) in [6, 6.07) is 18.4. The highest BCUT2D eigenvalue weighted by atomic mass is 35.5. The molecule has 0 saturated carbocycles. The van der Waals surface area contributed by atoms with Crippen molar-refractivity contribution in [2.75, 3.05) is 14.2 Å². The summed E-state index contributed by atoms with van der Waals surface area (Å²) >= 11 is 6.78. The Labute approximate surface area is 361 Å². The van der Waals surface area contributed by atoms with E-state index in [1.54, 1.807) is 0 Å². The van der Waals surface area contributed by atoms with Crippen LogP contribution in [-0.2, 0) is 14.3 Å². The Balaban J connectivity index is 1.06. The first kappa shape index (κ1) is 43.2. The first-order valence-electron chi connectivity index (χ1n) is 21.0. The van der Waals surface area contributed by atoms with Gasteiger partial charge in [0.1, 0.15) is 23.7 Å². The summed E-state index contributed by atoms with van der Waals surface area (Å²) < 4.78 is 4.79. The van der Waals surface area contributed by atoms with Gasteiger partial charge in [-0.2, -0.15) is 0 Å². The summed E-state index contributed by atoms with van der Waals surface area (Å²) in [5, 5.41) is 14.8. The van der Waals surface area contributed by atoms with Crippen LogP contribution in [0.15, 0.2) is 66.9 Å². The number of amides is 4. The quantitative estimate of drug-likeness (QED) is 0.102. The molecule has 6 atom stereocenters. The van der Waals surface area contributed by atoms with Gasteiger partial charge in [-0.1, -0.05) is 87.8 Å². The number of aromatic nitrogens is 4. The summed E-state index contributed by atoms with van der Waals surface area (Å²) in [5.74, 6) is 0.569. The molecule has 3 aromatic carbocycles. The highest BCUT2D eigenvalue weighted by molar-refractivity contribution is 6.32. The van der Waals surface area contributed by atoms with E-state index in [-0.39, 0.29) is 47.8 Å². The molecule has 4 heterocycles. The van der Waals surface area contributed by atoms with Gasteiger partial charge in [0.2, 0.25) is 11.8 Å². The summed E-state index contributed by atoms with van der Waals surface area (Å²) in [4.78, 5) is 72.7. The standard InChI is InChI=1S/C46H55ClN8O6/c1-24(2)37(51-45(58)61-8)43(56)54-26(5)10-20-36(54)42-50-38(40(47)52-42)33-18-17-31-21-30(15-16-32(31)22-33)28-11-13-29(14-12-28)34-23-48-41(49-34)35-19-9-27(6)55(35)44(57)39(25(3)4)53(7)46(59)60/h11-18,21-27,35-37,39H,9-10,19-20H2,1-8H3,(H,48,49)(H,50,52)(H,51,58)(H,59,60)/t26?,27-,35-,36?,37-,39-/m0/s1. The van der Waals surface area contributed by atoms with Crippen molar-refractivity contribution < 1.29 is 29.0 Å². The minimum Gasteiger partial charge on any atom is -0.465 e. The van der Waals surface area contributed by atoms with E-state index in [1.807, 2.05) is 75.7 Å². The smallest absolute Gasteiger partial charge is 0.407 e. The van der Waals surface area contributed by atoms with E-state index in [1.165, 1.54) is 14.2 Å². The van der Waals surface area contributed by atoms with Gasteiger partial charge in [0.25, 0.3) is 0 Å². The van der Waals surface area contributed by atoms with Gasteiger partial charge >= 0.3 is 12.2 Å². The molecule has 0 radical (unpaired) electrons. The van der Waals surface area contributed by atoms with Crippen LogP contribution in [0.1, 0.15) is 91.0 Å². The van der Waals surface area contributed by atoms with Crippen molar-refractivity contribution in [2.24, 2.45) is 11.8 Å². The molecule has 2 aliphatic rings. The number of hydrogen-bond acceptors (Lipinski definition) is 7. The van der Waals surface area contributed by atoms with E-state index >= 15 is 0 Å². The zero-order chi connectivity index (χ0) is 43.9. The number of ether oxygens (including phenoxy) is 1. The number of alkyl carbamates (subject to hydrolysis) is 1. The molecule has 322 valence electrons. The third-order valence-electron chi connectivity index (χ3n) is 12.4. The third kappa shape index (κ3) is 8.55. The lowest BCUT2D eigenvalue weighted by Crippen LogP contribution is -2.53. The number of benzene rings is 3. The predicted octanol–water partition coefficient (Wildman–Crippen LogP) is 9.06. The predicted molar refractivity (Wildman–Crippen MR) is 235 cm³/mol. The van der Waals surface area contributed by atoms with Gasteiger partial charge in [0, 0.05) is 36.5 Å². The van der Waals surface area contributed by atoms with Gasteiger partial charge in [0.05, 0.1) is 30.6 Å². The lowest BCUT2D eigenvalue weighted by atomic mass is 9.98. The van der Waals surface area contributed by atoms with Gasteiger partial charge in [-0.25, -0.2) is 19.6 Å². The number of carboxylic acid groups (broad SMARTS) is 1. The number of hydrogen-bond donors (Lipinski definition) is 4. The fraction of sp³-hybridized carbons (Fsp3) is 0.435. The molecule has 15 heteroatoms. The van der Waals surface area contributed by atoms with Crippen molar-refractivity contribution in [3.8, 4) is 33.6 Å². The number of methoxy groups -OCH3 is 1. The number of carbonyl (C=O) groups excluding carboxylic acids is 3. The van der Waals surface area contributed by atoms with E-state index in [9.17, 15) is 24.3 Å². The molecule has 4 N–H and O–H groups in total. The Morgan fingerprint density at radius 2 is 1.34 bits per heavy atom. The average molecular weight is 851 g/mol. The third-order valence-corrected chi connectivity index (χ3v) is 12.7. The molecular formula is C46H55ClN8O6. The number of nitrogens with one attached hydrogen (secondary N) is 3. The van der Waals surface area contributed by atoms with E-state index in [0.717, 1.165) is 62.9 Å². The van der Waals surface area contributed by atoms with Crippen molar-refractivity contribution in [1.82, 2.24) is 40.0 Å². The maximum absolute atomic E-state index is 13.9. The monoisotopic (exact) mass is 850 g/mol. The molecule has 2 saturated heterocycles. The van der Waals surface area contributed by atoms with Gasteiger partial charge < -0.3 is 34.9 Å². The second kappa shape index (κ2) is 17.6. The number of likely N-dealkylation sites (tertiary alicyclic amines) is 2. The van der Waals surface area contributed by atoms with Crippen LogP contribution in [0.3, 0.4) is 0 Å². The molecule has 2 fully saturated rings. The number of imidazole rings is 2. The van der Waals surface area contributed by atoms with Crippen LogP contribution in [0, 0.1) is 11.8 Å². The first-order valence-corrected chi connectivity index (χ1v) is 21.4. The largest absolute Gasteiger partial charge is 0.465 e. The summed E-state index contributed by atoms with van der Waals surface area (Å²) in [6.07, 6.45) is 3.11. The number of carbonyl (C=O) groups is 4. The summed E-state index contributed by atoms with van der Waals surface area (Å²) in [5.41, 5.74) is 5.33. The van der Waals surface area contributed by atoms with Crippen molar-refractivity contribution in [3.63, 3.8) is 0 Å². The van der Waals surface area contributed by atoms with E-state index in [4.69, 9.17) is 26.3 Å². The number of H-pyrrole nitrogens is 2. The van der Waals surface area contributed by atoms with Crippen molar-refractivity contribution in [3.05, 3.63) is 83.7 Å². The maximum atomic E-state index is 13.9. The van der Waals surface area contributed by atoms with Gasteiger partial charge in [-0.05, 0) is 85.4 Å². The number of rotatable bonds is 11. The molecule has 0 aliphatic carbocycles. The van der Waals surface area contributed by atoms with Crippen LogP contribution in [0.25, 0.3) is 44.4 Å². The Morgan fingerprint density at radius 3 is 1.93 bits per heavy atom. The van der Waals surface area contributed by atoms with Crippen molar-refractivity contribution in [1.29, 1.82) is 0 Å². The Hall–Kier alpha value is -5.89. The van der Waals surface area contributed by atoms with Crippen LogP contribution in [0.4, 0.5) is 9.59 Å². The number of likely N-dealkylation sites (N-methyl/N-ethyl adjacent to an activating group) is 1. The molecule has 4 amide bonds. The lowest BCUT2D eigenvalue weighted by molar-refractivity contribution is -0.140. The Bertz CT molecular complexity index is 2430. The Kier molecular flexibility index (Phi) is 12.5. The molecule has 2 aromatic heterocycles. The molecule has 0 bridgehead atoms. The van der Waals surface area contributed by atoms with Crippen LogP contribution < -0.4 is 5.32 Å². The van der Waals surface area contributed by atoms with Crippen LogP contribution in [0.2, 0.25) is 5.15 Å². The van der Waals surface area contributed by atoms with Crippen LogP contribution >= 0.6 is 11.6 Å². The van der Waals surface area contributed by atoms with Gasteiger partial charge in [-0.15, -0.1) is 0 Å². The minimum atomic E-state index is -1.13. The molecular weight excluding hydrogens is 796 g/mol. The van der Waals surface area contributed by atoms with E-state index in [2.05, 4.69) is 57.7 Å². The second-order valence-electron chi connectivity index (χ2n) is 17.1. The Morgan fingerprint density at radius 1 is 0.787 bits per heavy atom. The topological polar surface area (TPSA) is 177 Å². The summed E-state index contributed by atoms with van der Waals surface area (Å²) in [6.45, 7) is 11.5. The van der Waals surface area contributed by atoms with E-state index in [0.29, 0.717) is 28.9 Å². The fourth-order valence-electron chi connectivity index (χ4n) is 9.06. The molecule has 14 nitrogen and oxygen atoms in total. The van der Waals surface area contributed by atoms with Crippen molar-refractivity contribution in [2.45, 2.75) is 103 Å². The zero-order valence-electron chi connectivity index (χ0n) is 35.9. The summed E-state index contributed by atoms with van der Waals surface area (Å²) in [7, 11) is 2.73. The number of aromatic amines is 2. The SMILES string of the molecule is COC(=O)N[C@H](C(=O)N1C(C)CCC1c1nc(Cl)c(-c2ccc3cc(-c4ccc(-c5c[nH]c([C@@H]6CC[C@H](C)N6C(=O)[C@H](C(C)C)N(C)C(=O)O)n5)cc4)ccc3c2)[nH]1)C(C)C. The number of fused-ring (bicyclic) bond motifs is 1. The molecule has 2 aliphatic heterocycles. The lowest BCUT2D eigenvalue weighted by Gasteiger charge is -2.36. The normalized spacial score (nSPS) is 20.0. The molecule has 5 aromatic rings. The highest BCUT2D eigenvalue weighted by Crippen LogP contribution is 2.40. The van der Waals surface area contributed by atoms with E-state index < -0.39 is 24.3 Å². The number of nitrogens with zero attached hydrogens (tertiary/aromatic N) is 5. The average Bonchev–Trinajstić information content (AvgIpc) is 4.05. The minimum absolute atomic E-state index is 0.0445. The van der Waals surface area contributed by atoms with Gasteiger partial charge in [-0.3, -0.25) is 14.5 Å². The first-order chi connectivity index (χ1) is 29.1. The molecule has 2 unspecified atom stereocenters. The fourth-order valence-corrected chi connectivity index (χ4v) is 9.31.